The van der Waals surface area contributed by atoms with E-state index in [-0.39, 0.29) is 28.9 Å². The molecule has 1 aromatic heterocycles. The minimum absolute atomic E-state index is 0.0839. The molecule has 1 aromatic carbocycles. The predicted octanol–water partition coefficient (Wildman–Crippen LogP) is 2.86. The second kappa shape index (κ2) is 11.5. The first-order valence-corrected chi connectivity index (χ1v) is 11.7. The minimum Gasteiger partial charge on any atom is -0.492 e. The maximum absolute atomic E-state index is 12.8. The van der Waals surface area contributed by atoms with Crippen molar-refractivity contribution >= 4 is 27.5 Å². The van der Waals surface area contributed by atoms with E-state index in [9.17, 15) is 18.0 Å². The highest BCUT2D eigenvalue weighted by atomic mass is 32.2. The largest absolute Gasteiger partial charge is 0.492 e. The first kappa shape index (κ1) is 24.4. The molecule has 0 bridgehead atoms. The van der Waals surface area contributed by atoms with Crippen LogP contribution in [0.2, 0.25) is 0 Å². The summed E-state index contributed by atoms with van der Waals surface area (Å²) >= 11 is 0. The number of hydrogen-bond acceptors (Lipinski definition) is 6. The monoisotopic (exact) mass is 451 g/mol. The maximum Gasteiger partial charge on any atom is 0.286 e. The summed E-state index contributed by atoms with van der Waals surface area (Å²) in [6.45, 7) is 6.68. The number of nitrogens with one attached hydrogen (secondary N) is 2. The van der Waals surface area contributed by atoms with E-state index in [0.717, 1.165) is 0 Å². The molecule has 2 aromatic rings. The molecule has 9 nitrogen and oxygen atoms in total. The highest BCUT2D eigenvalue weighted by Gasteiger charge is 2.23. The Kier molecular flexibility index (Phi) is 9.07. The Hall–Kier alpha value is -2.85. The Morgan fingerprint density at radius 2 is 1.87 bits per heavy atom. The van der Waals surface area contributed by atoms with Crippen molar-refractivity contribution in [1.82, 2.24) is 9.62 Å². The number of ether oxygens (including phenoxy) is 1. The quantitative estimate of drug-likeness (QED) is 0.479. The second-order valence-electron chi connectivity index (χ2n) is 6.57. The van der Waals surface area contributed by atoms with Crippen molar-refractivity contribution in [2.75, 3.05) is 31.6 Å². The molecule has 2 N–H and O–H groups in total. The number of carbonyl (C=O) groups is 2. The van der Waals surface area contributed by atoms with Gasteiger partial charge in [0.2, 0.25) is 15.9 Å². The molecule has 0 radical (unpaired) electrons. The van der Waals surface area contributed by atoms with Crippen molar-refractivity contribution in [3.05, 3.63) is 42.4 Å². The number of rotatable bonds is 12. The van der Waals surface area contributed by atoms with E-state index < -0.39 is 10.0 Å². The van der Waals surface area contributed by atoms with Gasteiger partial charge in [-0.25, -0.2) is 8.42 Å². The van der Waals surface area contributed by atoms with Gasteiger partial charge in [-0.3, -0.25) is 9.59 Å². The summed E-state index contributed by atoms with van der Waals surface area (Å²) in [6.07, 6.45) is 1.95. The van der Waals surface area contributed by atoms with E-state index in [1.54, 1.807) is 39.0 Å². The lowest BCUT2D eigenvalue weighted by Gasteiger charge is -2.20. The van der Waals surface area contributed by atoms with Crippen LogP contribution in [0.15, 0.2) is 45.9 Å². The van der Waals surface area contributed by atoms with Crippen LogP contribution in [0.4, 0.5) is 5.69 Å². The highest BCUT2D eigenvalue weighted by Crippen LogP contribution is 2.29. The number of nitrogens with zero attached hydrogens (tertiary/aromatic N) is 1. The van der Waals surface area contributed by atoms with E-state index in [2.05, 4.69) is 10.6 Å². The molecule has 0 unspecified atom stereocenters. The molecule has 2 amide bonds. The molecule has 0 spiro atoms. The lowest BCUT2D eigenvalue weighted by atomic mass is 10.2. The lowest BCUT2D eigenvalue weighted by Crippen LogP contribution is -2.30. The summed E-state index contributed by atoms with van der Waals surface area (Å²) in [6, 6.07) is 7.59. The van der Waals surface area contributed by atoms with Gasteiger partial charge in [0.15, 0.2) is 5.76 Å². The zero-order chi connectivity index (χ0) is 22.9. The molecule has 170 valence electrons. The second-order valence-corrected chi connectivity index (χ2v) is 8.50. The van der Waals surface area contributed by atoms with Crippen molar-refractivity contribution in [1.29, 1.82) is 0 Å². The number of sulfonamides is 1. The van der Waals surface area contributed by atoms with E-state index in [0.29, 0.717) is 44.1 Å². The van der Waals surface area contributed by atoms with Crippen LogP contribution in [-0.2, 0) is 14.8 Å². The van der Waals surface area contributed by atoms with Crippen molar-refractivity contribution < 1.29 is 27.2 Å². The molecule has 0 aliphatic carbocycles. The molecule has 0 fully saturated rings. The van der Waals surface area contributed by atoms with Gasteiger partial charge in [-0.15, -0.1) is 0 Å². The number of hydrogen-bond donors (Lipinski definition) is 2. The van der Waals surface area contributed by atoms with Crippen LogP contribution < -0.4 is 15.4 Å². The molecule has 1 heterocycles. The van der Waals surface area contributed by atoms with E-state index in [1.807, 2.05) is 0 Å². The van der Waals surface area contributed by atoms with Gasteiger partial charge in [0.05, 0.1) is 23.5 Å². The summed E-state index contributed by atoms with van der Waals surface area (Å²) in [5.74, 6) is -0.0681. The van der Waals surface area contributed by atoms with Crippen LogP contribution in [-0.4, -0.2) is 50.8 Å². The van der Waals surface area contributed by atoms with E-state index >= 15 is 0 Å². The van der Waals surface area contributed by atoms with Gasteiger partial charge in [0, 0.05) is 26.1 Å². The highest BCUT2D eigenvalue weighted by molar-refractivity contribution is 7.89. The van der Waals surface area contributed by atoms with E-state index in [1.165, 1.54) is 22.7 Å². The Morgan fingerprint density at radius 3 is 2.48 bits per heavy atom. The fourth-order valence-corrected chi connectivity index (χ4v) is 4.40. The Bertz CT molecular complexity index is 969. The first-order chi connectivity index (χ1) is 14.8. The summed E-state index contributed by atoms with van der Waals surface area (Å²) in [5.41, 5.74) is 0.291. The third-order valence-electron chi connectivity index (χ3n) is 4.48. The number of amides is 2. The average molecular weight is 452 g/mol. The van der Waals surface area contributed by atoms with Crippen LogP contribution in [0.25, 0.3) is 0 Å². The van der Waals surface area contributed by atoms with E-state index in [4.69, 9.17) is 9.15 Å². The molecule has 10 heteroatoms. The van der Waals surface area contributed by atoms with Crippen molar-refractivity contribution in [3.63, 3.8) is 0 Å². The lowest BCUT2D eigenvalue weighted by molar-refractivity contribution is -0.116. The van der Waals surface area contributed by atoms with Gasteiger partial charge >= 0.3 is 0 Å². The summed E-state index contributed by atoms with van der Waals surface area (Å²) in [5, 5.41) is 5.39. The zero-order valence-corrected chi connectivity index (χ0v) is 18.8. The zero-order valence-electron chi connectivity index (χ0n) is 18.0. The minimum atomic E-state index is -3.67. The number of anilines is 1. The van der Waals surface area contributed by atoms with Gasteiger partial charge in [0.1, 0.15) is 5.75 Å². The SMILES string of the molecule is CCOc1ccc(S(=O)(=O)N(CC)CC)cc1NC(=O)CCCNC(=O)c1ccco1. The Morgan fingerprint density at radius 1 is 1.13 bits per heavy atom. The normalized spacial score (nSPS) is 11.4. The number of carbonyl (C=O) groups excluding carboxylic acids is 2. The smallest absolute Gasteiger partial charge is 0.286 e. The summed E-state index contributed by atoms with van der Waals surface area (Å²) in [4.78, 5) is 24.3. The Labute approximate surface area is 182 Å². The van der Waals surface area contributed by atoms with Crippen LogP contribution in [0.5, 0.6) is 5.75 Å². The maximum atomic E-state index is 12.8. The number of furan rings is 1. The molecule has 0 aliphatic heterocycles. The van der Waals surface area contributed by atoms with Crippen LogP contribution >= 0.6 is 0 Å². The van der Waals surface area contributed by atoms with Crippen LogP contribution in [0.3, 0.4) is 0 Å². The van der Waals surface area contributed by atoms with Crippen LogP contribution in [0, 0.1) is 0 Å². The fraction of sp³-hybridized carbons (Fsp3) is 0.429. The molecular weight excluding hydrogens is 422 g/mol. The molecular formula is C21H29N3O6S. The van der Waals surface area contributed by atoms with Gasteiger partial charge in [-0.2, -0.15) is 4.31 Å². The van der Waals surface area contributed by atoms with Gasteiger partial charge < -0.3 is 19.8 Å². The molecule has 2 rings (SSSR count). The predicted molar refractivity (Wildman–Crippen MR) is 117 cm³/mol. The third-order valence-corrected chi connectivity index (χ3v) is 6.53. The summed E-state index contributed by atoms with van der Waals surface area (Å²) in [7, 11) is -3.67. The van der Waals surface area contributed by atoms with Gasteiger partial charge in [0.25, 0.3) is 5.91 Å². The van der Waals surface area contributed by atoms with Crippen molar-refractivity contribution in [3.8, 4) is 5.75 Å². The Balaban J connectivity index is 2.02. The number of benzene rings is 1. The summed E-state index contributed by atoms with van der Waals surface area (Å²) < 4.78 is 37.5. The molecule has 0 aliphatic rings. The fourth-order valence-electron chi connectivity index (χ4n) is 2.92. The standard InChI is InChI=1S/C21H29N3O6S/c1-4-24(5-2)31(27,28)16-11-12-18(29-6-3)17(15-16)23-20(25)10-7-13-22-21(26)19-9-8-14-30-19/h8-9,11-12,14-15H,4-7,10,13H2,1-3H3,(H,22,26)(H,23,25). The molecule has 0 saturated heterocycles. The first-order valence-electron chi connectivity index (χ1n) is 10.2. The van der Waals surface area contributed by atoms with Crippen molar-refractivity contribution in [2.45, 2.75) is 38.5 Å². The molecule has 0 saturated carbocycles. The van der Waals surface area contributed by atoms with Gasteiger partial charge in [-0.1, -0.05) is 13.8 Å². The average Bonchev–Trinajstić information content (AvgIpc) is 3.28. The van der Waals surface area contributed by atoms with Crippen molar-refractivity contribution in [2.24, 2.45) is 0 Å². The molecule has 0 atom stereocenters. The van der Waals surface area contributed by atoms with Gasteiger partial charge in [-0.05, 0) is 43.7 Å². The van der Waals surface area contributed by atoms with Crippen LogP contribution in [0.1, 0.15) is 44.2 Å². The topological polar surface area (TPSA) is 118 Å². The molecule has 31 heavy (non-hydrogen) atoms. The third kappa shape index (κ3) is 6.56.